The van der Waals surface area contributed by atoms with E-state index in [0.29, 0.717) is 17.6 Å². The predicted octanol–water partition coefficient (Wildman–Crippen LogP) is 3.12. The van der Waals surface area contributed by atoms with E-state index in [0.717, 1.165) is 60.3 Å². The number of fused-ring (bicyclic) bond motifs is 1. The molecule has 0 radical (unpaired) electrons. The van der Waals surface area contributed by atoms with Gasteiger partial charge in [0.25, 0.3) is 0 Å². The molecule has 1 aliphatic heterocycles. The van der Waals surface area contributed by atoms with Gasteiger partial charge in [0, 0.05) is 62.8 Å². The fourth-order valence-corrected chi connectivity index (χ4v) is 5.12. The topological polar surface area (TPSA) is 122 Å². The number of aromatic nitrogens is 6. The first-order chi connectivity index (χ1) is 18.2. The van der Waals surface area contributed by atoms with Gasteiger partial charge in [0.2, 0.25) is 10.0 Å². The molecule has 1 saturated heterocycles. The van der Waals surface area contributed by atoms with E-state index in [1.165, 1.54) is 10.6 Å². The fourth-order valence-electron chi connectivity index (χ4n) is 4.44. The second kappa shape index (κ2) is 10.7. The summed E-state index contributed by atoms with van der Waals surface area (Å²) < 4.78 is 26.7. The zero-order valence-electron chi connectivity index (χ0n) is 22.1. The van der Waals surface area contributed by atoms with Crippen LogP contribution in [-0.4, -0.2) is 86.5 Å². The van der Waals surface area contributed by atoms with E-state index in [1.54, 1.807) is 13.2 Å². The van der Waals surface area contributed by atoms with E-state index in [9.17, 15) is 8.42 Å². The molecule has 0 atom stereocenters. The first kappa shape index (κ1) is 26.1. The largest absolute Gasteiger partial charge is 0.323 e. The Morgan fingerprint density at radius 3 is 2.63 bits per heavy atom. The van der Waals surface area contributed by atoms with Gasteiger partial charge in [0.1, 0.15) is 5.82 Å². The minimum atomic E-state index is -3.13. The number of sulfonamides is 1. The molecular formula is C26H33N9O2S. The molecule has 0 aromatic carbocycles. The molecule has 0 unspecified atom stereocenters. The van der Waals surface area contributed by atoms with Crippen molar-refractivity contribution in [1.29, 1.82) is 0 Å². The van der Waals surface area contributed by atoms with E-state index < -0.39 is 10.0 Å². The average molecular weight is 536 g/mol. The maximum absolute atomic E-state index is 11.7. The van der Waals surface area contributed by atoms with Crippen molar-refractivity contribution in [1.82, 2.24) is 39.2 Å². The van der Waals surface area contributed by atoms with Crippen molar-refractivity contribution in [2.45, 2.75) is 38.8 Å². The maximum Gasteiger partial charge on any atom is 0.211 e. The average Bonchev–Trinajstić information content (AvgIpc) is 3.33. The molecule has 200 valence electrons. The van der Waals surface area contributed by atoms with Crippen LogP contribution in [0.15, 0.2) is 49.1 Å². The molecule has 5 rings (SSSR count). The minimum absolute atomic E-state index is 0.0733. The summed E-state index contributed by atoms with van der Waals surface area (Å²) in [6, 6.07) is 7.90. The van der Waals surface area contributed by atoms with Gasteiger partial charge in [-0.05, 0) is 42.2 Å². The highest BCUT2D eigenvalue weighted by molar-refractivity contribution is 7.88. The number of aryl methyl sites for hydroxylation is 1. The van der Waals surface area contributed by atoms with Gasteiger partial charge in [0.05, 0.1) is 29.7 Å². The zero-order chi connectivity index (χ0) is 26.9. The van der Waals surface area contributed by atoms with Crippen molar-refractivity contribution < 1.29 is 8.42 Å². The monoisotopic (exact) mass is 535 g/mol. The van der Waals surface area contributed by atoms with Gasteiger partial charge < -0.3 is 5.32 Å². The van der Waals surface area contributed by atoms with E-state index in [2.05, 4.69) is 44.3 Å². The van der Waals surface area contributed by atoms with Gasteiger partial charge in [-0.25, -0.2) is 13.4 Å². The standard InChI is InChI=1S/C26H33N9O2S/c1-18(2)19-11-26(32-28-13-19)31-25-7-6-23-24(30-25)10-20(12-27-23)21-14-29-35(15-21)9-5-8-34-16-22(17-34)33(3)38(4,36)37/h6-7,10-15,18,22H,5,8-9,16-17H2,1-4H3,(H,30,31,32). The third kappa shape index (κ3) is 5.98. The van der Waals surface area contributed by atoms with Crippen LogP contribution in [0.3, 0.4) is 0 Å². The molecule has 0 saturated carbocycles. The third-order valence-corrected chi connectivity index (χ3v) is 8.28. The highest BCUT2D eigenvalue weighted by atomic mass is 32.2. The second-order valence-corrected chi connectivity index (χ2v) is 12.2. The number of hydrogen-bond acceptors (Lipinski definition) is 9. The molecule has 1 fully saturated rings. The Hall–Kier alpha value is -3.48. The number of nitrogens with zero attached hydrogens (tertiary/aromatic N) is 8. The number of likely N-dealkylation sites (tertiary alicyclic amines) is 1. The van der Waals surface area contributed by atoms with Crippen LogP contribution in [0.1, 0.15) is 31.7 Å². The number of anilines is 2. The van der Waals surface area contributed by atoms with Crippen molar-refractivity contribution in [2.75, 3.05) is 38.3 Å². The number of rotatable bonds is 10. The van der Waals surface area contributed by atoms with Crippen LogP contribution >= 0.6 is 0 Å². The molecule has 4 aromatic heterocycles. The molecule has 0 spiro atoms. The van der Waals surface area contributed by atoms with Crippen molar-refractivity contribution in [3.63, 3.8) is 0 Å². The third-order valence-electron chi connectivity index (χ3n) is 6.94. The van der Waals surface area contributed by atoms with Gasteiger partial charge in [-0.3, -0.25) is 14.6 Å². The zero-order valence-corrected chi connectivity index (χ0v) is 22.9. The lowest BCUT2D eigenvalue weighted by Gasteiger charge is -2.43. The Morgan fingerprint density at radius 1 is 1.05 bits per heavy atom. The molecule has 5 heterocycles. The first-order valence-corrected chi connectivity index (χ1v) is 14.5. The number of nitrogens with one attached hydrogen (secondary N) is 1. The first-order valence-electron chi connectivity index (χ1n) is 12.7. The summed E-state index contributed by atoms with van der Waals surface area (Å²) in [5, 5.41) is 16.0. The van der Waals surface area contributed by atoms with E-state index >= 15 is 0 Å². The SMILES string of the molecule is CC(C)c1cnnc(Nc2ccc3ncc(-c4cnn(CCCN5CC(N(C)S(C)(=O)=O)C5)c4)cc3n2)c1. The molecule has 11 nitrogen and oxygen atoms in total. The van der Waals surface area contributed by atoms with Gasteiger partial charge in [0.15, 0.2) is 5.82 Å². The van der Waals surface area contributed by atoms with Crippen LogP contribution in [0.25, 0.3) is 22.2 Å². The normalized spacial score (nSPS) is 14.9. The molecule has 4 aromatic rings. The number of pyridine rings is 2. The number of hydrogen-bond donors (Lipinski definition) is 1. The van der Waals surface area contributed by atoms with Crippen molar-refractivity contribution >= 4 is 32.7 Å². The fraction of sp³-hybridized carbons (Fsp3) is 0.423. The Labute approximate surface area is 223 Å². The van der Waals surface area contributed by atoms with E-state index in [-0.39, 0.29) is 6.04 Å². The predicted molar refractivity (Wildman–Crippen MR) is 148 cm³/mol. The Balaban J connectivity index is 1.19. The lowest BCUT2D eigenvalue weighted by atomic mass is 10.1. The molecule has 12 heteroatoms. The van der Waals surface area contributed by atoms with E-state index in [1.807, 2.05) is 47.5 Å². The molecule has 1 aliphatic rings. The van der Waals surface area contributed by atoms with Gasteiger partial charge in [-0.2, -0.15) is 14.5 Å². The summed E-state index contributed by atoms with van der Waals surface area (Å²) in [6.45, 7) is 7.48. The highest BCUT2D eigenvalue weighted by Gasteiger charge is 2.33. The van der Waals surface area contributed by atoms with Crippen molar-refractivity contribution in [3.8, 4) is 11.1 Å². The van der Waals surface area contributed by atoms with Crippen LogP contribution < -0.4 is 5.32 Å². The van der Waals surface area contributed by atoms with Gasteiger partial charge in [-0.15, -0.1) is 5.10 Å². The van der Waals surface area contributed by atoms with Crippen molar-refractivity contribution in [3.05, 3.63) is 54.6 Å². The minimum Gasteiger partial charge on any atom is -0.323 e. The van der Waals surface area contributed by atoms with Gasteiger partial charge >= 0.3 is 0 Å². The molecule has 0 aliphatic carbocycles. The lowest BCUT2D eigenvalue weighted by molar-refractivity contribution is 0.0877. The van der Waals surface area contributed by atoms with Crippen LogP contribution in [0.2, 0.25) is 0 Å². The molecular weight excluding hydrogens is 502 g/mol. The molecule has 0 amide bonds. The second-order valence-electron chi connectivity index (χ2n) is 10.2. The Morgan fingerprint density at radius 2 is 1.87 bits per heavy atom. The quantitative estimate of drug-likeness (QED) is 0.326. The van der Waals surface area contributed by atoms with E-state index in [4.69, 9.17) is 4.98 Å². The summed E-state index contributed by atoms with van der Waals surface area (Å²) in [6.07, 6.45) is 9.68. The summed E-state index contributed by atoms with van der Waals surface area (Å²) in [7, 11) is -1.48. The van der Waals surface area contributed by atoms with Crippen LogP contribution in [0.4, 0.5) is 11.6 Å². The highest BCUT2D eigenvalue weighted by Crippen LogP contribution is 2.24. The molecule has 0 bridgehead atoms. The Kier molecular flexibility index (Phi) is 7.37. The van der Waals surface area contributed by atoms with Crippen molar-refractivity contribution in [2.24, 2.45) is 0 Å². The molecule has 1 N–H and O–H groups in total. The summed E-state index contributed by atoms with van der Waals surface area (Å²) in [4.78, 5) is 11.6. The van der Waals surface area contributed by atoms with Crippen LogP contribution in [0, 0.1) is 0 Å². The number of likely N-dealkylation sites (N-methyl/N-ethyl adjacent to an activating group) is 1. The van der Waals surface area contributed by atoms with Crippen LogP contribution in [-0.2, 0) is 16.6 Å². The van der Waals surface area contributed by atoms with Gasteiger partial charge in [-0.1, -0.05) is 13.8 Å². The molecule has 38 heavy (non-hydrogen) atoms. The Bertz CT molecular complexity index is 1530. The summed E-state index contributed by atoms with van der Waals surface area (Å²) >= 11 is 0. The summed E-state index contributed by atoms with van der Waals surface area (Å²) in [5.41, 5.74) is 4.62. The van der Waals surface area contributed by atoms with Crippen LogP contribution in [0.5, 0.6) is 0 Å². The lowest BCUT2D eigenvalue weighted by Crippen LogP contribution is -2.59. The maximum atomic E-state index is 11.7. The smallest absolute Gasteiger partial charge is 0.211 e. The summed E-state index contributed by atoms with van der Waals surface area (Å²) in [5.74, 6) is 1.70.